The summed E-state index contributed by atoms with van der Waals surface area (Å²) >= 11 is 0. The van der Waals surface area contributed by atoms with Gasteiger partial charge in [0.2, 0.25) is 5.82 Å². The maximum Gasteiger partial charge on any atom is 0.309 e. The van der Waals surface area contributed by atoms with Gasteiger partial charge in [-0.3, -0.25) is 9.69 Å². The van der Waals surface area contributed by atoms with Gasteiger partial charge in [0.1, 0.15) is 0 Å². The SMILES string of the molecule is CC(C)Cc1ccc(-c2nc(-c3ccc4c(c3)CC[C@H]4N3CC(C(=O)O)C3)no2)cc1. The second-order valence-electron chi connectivity index (χ2n) is 9.18. The fraction of sp³-hybridized carbons (Fsp3) is 0.400. The topological polar surface area (TPSA) is 79.5 Å². The maximum atomic E-state index is 11.1. The van der Waals surface area contributed by atoms with Crippen LogP contribution in [-0.2, 0) is 17.6 Å². The lowest BCUT2D eigenvalue weighted by Gasteiger charge is -2.41. The molecular weight excluding hydrogens is 390 g/mol. The number of carboxylic acid groups (broad SMARTS) is 1. The molecule has 0 saturated carbocycles. The summed E-state index contributed by atoms with van der Waals surface area (Å²) < 4.78 is 5.54. The molecule has 160 valence electrons. The quantitative estimate of drug-likeness (QED) is 0.631. The molecule has 3 aromatic rings. The van der Waals surface area contributed by atoms with Crippen LogP contribution < -0.4 is 0 Å². The Labute approximate surface area is 181 Å². The summed E-state index contributed by atoms with van der Waals surface area (Å²) in [6.45, 7) is 5.72. The van der Waals surface area contributed by atoms with Gasteiger partial charge >= 0.3 is 5.97 Å². The smallest absolute Gasteiger partial charge is 0.309 e. The molecule has 1 aliphatic carbocycles. The number of nitrogens with zero attached hydrogens (tertiary/aromatic N) is 3. The Morgan fingerprint density at radius 3 is 2.61 bits per heavy atom. The molecule has 6 heteroatoms. The fourth-order valence-electron chi connectivity index (χ4n) is 4.75. The number of likely N-dealkylation sites (tertiary alicyclic amines) is 1. The number of carboxylic acids is 1. The third kappa shape index (κ3) is 3.88. The summed E-state index contributed by atoms with van der Waals surface area (Å²) in [5.41, 5.74) is 5.79. The van der Waals surface area contributed by atoms with E-state index in [0.29, 0.717) is 36.8 Å². The van der Waals surface area contributed by atoms with Gasteiger partial charge < -0.3 is 9.63 Å². The van der Waals surface area contributed by atoms with E-state index in [1.165, 1.54) is 16.7 Å². The average Bonchev–Trinajstić information content (AvgIpc) is 3.34. The van der Waals surface area contributed by atoms with Crippen LogP contribution in [0.3, 0.4) is 0 Å². The molecule has 31 heavy (non-hydrogen) atoms. The molecule has 1 saturated heterocycles. The summed E-state index contributed by atoms with van der Waals surface area (Å²) in [6.07, 6.45) is 3.08. The van der Waals surface area contributed by atoms with Crippen molar-refractivity contribution in [3.63, 3.8) is 0 Å². The monoisotopic (exact) mass is 417 g/mol. The van der Waals surface area contributed by atoms with Crippen LogP contribution in [0.25, 0.3) is 22.8 Å². The summed E-state index contributed by atoms with van der Waals surface area (Å²) in [6, 6.07) is 15.0. The Hall–Kier alpha value is -2.99. The largest absolute Gasteiger partial charge is 0.481 e. The first-order valence-corrected chi connectivity index (χ1v) is 11.0. The Balaban J connectivity index is 1.31. The van der Waals surface area contributed by atoms with Gasteiger partial charge in [-0.2, -0.15) is 4.98 Å². The third-order valence-electron chi connectivity index (χ3n) is 6.42. The van der Waals surface area contributed by atoms with E-state index < -0.39 is 5.97 Å². The molecule has 1 atom stereocenters. The fourth-order valence-corrected chi connectivity index (χ4v) is 4.75. The first kappa shape index (κ1) is 19.9. The first-order chi connectivity index (χ1) is 15.0. The minimum Gasteiger partial charge on any atom is -0.481 e. The number of aryl methyl sites for hydroxylation is 1. The van der Waals surface area contributed by atoms with Crippen molar-refractivity contribution >= 4 is 5.97 Å². The molecule has 0 spiro atoms. The minimum atomic E-state index is -0.688. The lowest BCUT2D eigenvalue weighted by molar-refractivity contribution is -0.148. The van der Waals surface area contributed by atoms with Gasteiger partial charge in [-0.25, -0.2) is 0 Å². The van der Waals surface area contributed by atoms with Crippen LogP contribution in [0.1, 0.15) is 43.0 Å². The average molecular weight is 418 g/mol. The normalized spacial score (nSPS) is 18.9. The van der Waals surface area contributed by atoms with Gasteiger partial charge in [-0.15, -0.1) is 0 Å². The predicted octanol–water partition coefficient (Wildman–Crippen LogP) is 4.61. The molecule has 1 aliphatic heterocycles. The van der Waals surface area contributed by atoms with Gasteiger partial charge in [0.25, 0.3) is 5.89 Å². The second kappa shape index (κ2) is 7.93. The molecule has 6 nitrogen and oxygen atoms in total. The van der Waals surface area contributed by atoms with Crippen molar-refractivity contribution in [2.45, 2.75) is 39.2 Å². The number of fused-ring (bicyclic) bond motifs is 1. The van der Waals surface area contributed by atoms with E-state index >= 15 is 0 Å². The molecule has 0 radical (unpaired) electrons. The van der Waals surface area contributed by atoms with Crippen molar-refractivity contribution in [1.29, 1.82) is 0 Å². The Morgan fingerprint density at radius 1 is 1.16 bits per heavy atom. The summed E-state index contributed by atoms with van der Waals surface area (Å²) in [5.74, 6) is 0.847. The van der Waals surface area contributed by atoms with Crippen molar-refractivity contribution in [1.82, 2.24) is 15.0 Å². The zero-order chi connectivity index (χ0) is 21.5. The molecule has 5 rings (SSSR count). The van der Waals surface area contributed by atoms with E-state index in [2.05, 4.69) is 53.2 Å². The molecule has 0 bridgehead atoms. The van der Waals surface area contributed by atoms with Gasteiger partial charge in [-0.1, -0.05) is 43.3 Å². The predicted molar refractivity (Wildman–Crippen MR) is 117 cm³/mol. The van der Waals surface area contributed by atoms with Crippen molar-refractivity contribution in [2.75, 3.05) is 13.1 Å². The number of aromatic nitrogens is 2. The number of rotatable bonds is 6. The van der Waals surface area contributed by atoms with E-state index in [0.717, 1.165) is 30.4 Å². The van der Waals surface area contributed by atoms with Crippen molar-refractivity contribution < 1.29 is 14.4 Å². The van der Waals surface area contributed by atoms with Crippen LogP contribution in [0.15, 0.2) is 47.0 Å². The number of aliphatic carboxylic acids is 1. The van der Waals surface area contributed by atoms with Crippen molar-refractivity contribution in [3.8, 4) is 22.8 Å². The Bertz CT molecular complexity index is 1100. The van der Waals surface area contributed by atoms with Crippen LogP contribution >= 0.6 is 0 Å². The Kier molecular flexibility index (Phi) is 5.10. The molecule has 1 fully saturated rings. The third-order valence-corrected chi connectivity index (χ3v) is 6.42. The zero-order valence-electron chi connectivity index (χ0n) is 17.9. The molecular formula is C25H27N3O3. The molecule has 0 unspecified atom stereocenters. The van der Waals surface area contributed by atoms with E-state index in [4.69, 9.17) is 9.63 Å². The van der Waals surface area contributed by atoms with Crippen LogP contribution in [0.4, 0.5) is 0 Å². The highest BCUT2D eigenvalue weighted by molar-refractivity contribution is 5.71. The van der Waals surface area contributed by atoms with Gasteiger partial charge in [0.05, 0.1) is 5.92 Å². The van der Waals surface area contributed by atoms with Crippen LogP contribution in [0.5, 0.6) is 0 Å². The van der Waals surface area contributed by atoms with Crippen molar-refractivity contribution in [3.05, 3.63) is 59.2 Å². The van der Waals surface area contributed by atoms with Gasteiger partial charge in [0, 0.05) is 30.3 Å². The number of carbonyl (C=O) groups is 1. The summed E-state index contributed by atoms with van der Waals surface area (Å²) in [4.78, 5) is 18.0. The molecule has 1 N–H and O–H groups in total. The molecule has 2 heterocycles. The van der Waals surface area contributed by atoms with Crippen LogP contribution in [-0.4, -0.2) is 39.2 Å². The van der Waals surface area contributed by atoms with Crippen LogP contribution in [0.2, 0.25) is 0 Å². The minimum absolute atomic E-state index is 0.222. The highest BCUT2D eigenvalue weighted by Crippen LogP contribution is 2.40. The standard InChI is InChI=1S/C25H27N3O3/c1-15(2)11-16-3-5-17(6-4-16)24-26-23(27-31-24)19-7-9-21-18(12-19)8-10-22(21)28-13-20(14-28)25(29)30/h3-7,9,12,15,20,22H,8,10-11,13-14H2,1-2H3,(H,29,30)/t22-/m1/s1. The summed E-state index contributed by atoms with van der Waals surface area (Å²) in [7, 11) is 0. The second-order valence-corrected chi connectivity index (χ2v) is 9.18. The molecule has 0 amide bonds. The first-order valence-electron chi connectivity index (χ1n) is 11.0. The summed E-state index contributed by atoms with van der Waals surface area (Å²) in [5, 5.41) is 13.3. The Morgan fingerprint density at radius 2 is 1.90 bits per heavy atom. The zero-order valence-corrected chi connectivity index (χ0v) is 17.9. The van der Waals surface area contributed by atoms with Gasteiger partial charge in [0.15, 0.2) is 0 Å². The van der Waals surface area contributed by atoms with E-state index in [9.17, 15) is 4.79 Å². The lowest BCUT2D eigenvalue weighted by atomic mass is 9.95. The maximum absolute atomic E-state index is 11.1. The number of benzene rings is 2. The van der Waals surface area contributed by atoms with Gasteiger partial charge in [-0.05, 0) is 60.1 Å². The van der Waals surface area contributed by atoms with E-state index in [1.54, 1.807) is 0 Å². The van der Waals surface area contributed by atoms with E-state index in [-0.39, 0.29) is 5.92 Å². The van der Waals surface area contributed by atoms with E-state index in [1.807, 2.05) is 18.2 Å². The van der Waals surface area contributed by atoms with Crippen molar-refractivity contribution in [2.24, 2.45) is 11.8 Å². The molecule has 2 aromatic carbocycles. The molecule has 1 aromatic heterocycles. The highest BCUT2D eigenvalue weighted by Gasteiger charge is 2.39. The molecule has 2 aliphatic rings. The van der Waals surface area contributed by atoms with Crippen LogP contribution in [0, 0.1) is 11.8 Å². The number of hydrogen-bond donors (Lipinski definition) is 1. The highest BCUT2D eigenvalue weighted by atomic mass is 16.5. The lowest BCUT2D eigenvalue weighted by Crippen LogP contribution is -2.51. The number of hydrogen-bond acceptors (Lipinski definition) is 5.